The smallest absolute Gasteiger partial charge is 0.191 e. The van der Waals surface area contributed by atoms with Crippen molar-refractivity contribution in [3.63, 3.8) is 0 Å². The van der Waals surface area contributed by atoms with E-state index in [0.717, 1.165) is 41.7 Å². The fourth-order valence-corrected chi connectivity index (χ4v) is 2.88. The van der Waals surface area contributed by atoms with Gasteiger partial charge in [0.15, 0.2) is 5.96 Å². The van der Waals surface area contributed by atoms with Crippen molar-refractivity contribution in [3.05, 3.63) is 50.1 Å². The fraction of sp³-hybridized carbons (Fsp3) is 0.375. The number of hydrogen-bond acceptors (Lipinski definition) is 3. The Morgan fingerprint density at radius 3 is 2.87 bits per heavy atom. The molecular formula is C16H20BrFN4S. The first-order valence-electron chi connectivity index (χ1n) is 7.45. The number of rotatable bonds is 6. The highest BCUT2D eigenvalue weighted by molar-refractivity contribution is 9.10. The van der Waals surface area contributed by atoms with Gasteiger partial charge < -0.3 is 10.6 Å². The number of thiazole rings is 1. The van der Waals surface area contributed by atoms with Crippen LogP contribution in [-0.2, 0) is 13.0 Å². The molecule has 0 aliphatic carbocycles. The van der Waals surface area contributed by atoms with Gasteiger partial charge in [-0.3, -0.25) is 0 Å². The molecule has 23 heavy (non-hydrogen) atoms. The van der Waals surface area contributed by atoms with Gasteiger partial charge in [-0.1, -0.05) is 6.07 Å². The Morgan fingerprint density at radius 2 is 2.22 bits per heavy atom. The van der Waals surface area contributed by atoms with Crippen LogP contribution in [0.25, 0.3) is 0 Å². The van der Waals surface area contributed by atoms with Crippen LogP contribution in [0, 0.1) is 12.7 Å². The van der Waals surface area contributed by atoms with Crippen molar-refractivity contribution >= 4 is 33.2 Å². The van der Waals surface area contributed by atoms with Crippen molar-refractivity contribution < 1.29 is 4.39 Å². The third-order valence-electron chi connectivity index (χ3n) is 3.09. The van der Waals surface area contributed by atoms with Crippen molar-refractivity contribution in [2.24, 2.45) is 4.99 Å². The lowest BCUT2D eigenvalue weighted by Gasteiger charge is -2.10. The summed E-state index contributed by atoms with van der Waals surface area (Å²) in [5.74, 6) is 0.456. The van der Waals surface area contributed by atoms with Gasteiger partial charge in [-0.2, -0.15) is 0 Å². The second-order valence-electron chi connectivity index (χ2n) is 4.98. The largest absolute Gasteiger partial charge is 0.357 e. The zero-order chi connectivity index (χ0) is 16.7. The summed E-state index contributed by atoms with van der Waals surface area (Å²) in [5, 5.41) is 9.62. The summed E-state index contributed by atoms with van der Waals surface area (Å²) in [6.07, 6.45) is 0.849. The molecule has 2 rings (SSSR count). The van der Waals surface area contributed by atoms with Gasteiger partial charge in [0.05, 0.1) is 21.7 Å². The number of hydrogen-bond donors (Lipinski definition) is 2. The molecular weight excluding hydrogens is 379 g/mol. The molecule has 0 aliphatic heterocycles. The third kappa shape index (κ3) is 5.91. The van der Waals surface area contributed by atoms with E-state index in [1.54, 1.807) is 17.4 Å². The molecule has 0 fully saturated rings. The predicted octanol–water partition coefficient (Wildman–Crippen LogP) is 3.65. The molecule has 2 aromatic rings. The molecule has 4 nitrogen and oxygen atoms in total. The zero-order valence-electron chi connectivity index (χ0n) is 13.2. The first-order chi connectivity index (χ1) is 11.1. The number of aromatic nitrogens is 1. The SMILES string of the molecule is CCNC(=NCc1ccc(Br)c(F)c1)NCCc1csc(C)n1. The van der Waals surface area contributed by atoms with E-state index in [9.17, 15) is 4.39 Å². The molecule has 1 heterocycles. The van der Waals surface area contributed by atoms with Crippen LogP contribution in [-0.4, -0.2) is 24.0 Å². The van der Waals surface area contributed by atoms with Crippen LogP contribution in [0.15, 0.2) is 33.0 Å². The summed E-state index contributed by atoms with van der Waals surface area (Å²) < 4.78 is 14.0. The average molecular weight is 399 g/mol. The lowest BCUT2D eigenvalue weighted by molar-refractivity contribution is 0.618. The highest BCUT2D eigenvalue weighted by Crippen LogP contribution is 2.16. The van der Waals surface area contributed by atoms with Gasteiger partial charge in [-0.25, -0.2) is 14.4 Å². The molecule has 0 saturated carbocycles. The Balaban J connectivity index is 1.89. The van der Waals surface area contributed by atoms with Crippen LogP contribution < -0.4 is 10.6 Å². The maximum atomic E-state index is 13.5. The normalized spacial score (nSPS) is 11.6. The highest BCUT2D eigenvalue weighted by atomic mass is 79.9. The molecule has 124 valence electrons. The van der Waals surface area contributed by atoms with Crippen LogP contribution in [0.2, 0.25) is 0 Å². The zero-order valence-corrected chi connectivity index (χ0v) is 15.6. The van der Waals surface area contributed by atoms with E-state index in [-0.39, 0.29) is 5.82 Å². The van der Waals surface area contributed by atoms with E-state index in [1.807, 2.05) is 19.9 Å². The number of halogens is 2. The minimum absolute atomic E-state index is 0.269. The molecule has 0 spiro atoms. The van der Waals surface area contributed by atoms with Gasteiger partial charge in [-0.15, -0.1) is 11.3 Å². The van der Waals surface area contributed by atoms with Gasteiger partial charge in [-0.05, 0) is 47.5 Å². The van der Waals surface area contributed by atoms with E-state index in [1.165, 1.54) is 6.07 Å². The first kappa shape index (κ1) is 17.9. The Labute approximate surface area is 148 Å². The number of benzene rings is 1. The number of aryl methyl sites for hydroxylation is 1. The Kier molecular flexibility index (Phi) is 6.98. The summed E-state index contributed by atoms with van der Waals surface area (Å²) >= 11 is 4.81. The minimum Gasteiger partial charge on any atom is -0.357 e. The topological polar surface area (TPSA) is 49.3 Å². The standard InChI is InChI=1S/C16H20BrFN4S/c1-3-19-16(20-7-6-13-10-23-11(2)22-13)21-9-12-4-5-14(17)15(18)8-12/h4-5,8,10H,3,6-7,9H2,1-2H3,(H2,19,20,21). The van der Waals surface area contributed by atoms with E-state index in [2.05, 4.69) is 41.9 Å². The number of guanidine groups is 1. The van der Waals surface area contributed by atoms with Gasteiger partial charge >= 0.3 is 0 Å². The van der Waals surface area contributed by atoms with Crippen LogP contribution in [0.3, 0.4) is 0 Å². The molecule has 0 bridgehead atoms. The van der Waals surface area contributed by atoms with Gasteiger partial charge in [0.1, 0.15) is 5.82 Å². The molecule has 0 radical (unpaired) electrons. The Bertz CT molecular complexity index is 672. The lowest BCUT2D eigenvalue weighted by atomic mass is 10.2. The predicted molar refractivity (Wildman–Crippen MR) is 97.5 cm³/mol. The number of aliphatic imine (C=N–C) groups is 1. The molecule has 0 aliphatic rings. The van der Waals surface area contributed by atoms with Crippen molar-refractivity contribution in [2.75, 3.05) is 13.1 Å². The molecule has 0 saturated heterocycles. The Hall–Kier alpha value is -1.47. The van der Waals surface area contributed by atoms with Crippen LogP contribution >= 0.6 is 27.3 Å². The molecule has 0 atom stereocenters. The Morgan fingerprint density at radius 1 is 1.39 bits per heavy atom. The summed E-state index contributed by atoms with van der Waals surface area (Å²) in [7, 11) is 0. The van der Waals surface area contributed by atoms with Gasteiger partial charge in [0, 0.05) is 24.9 Å². The molecule has 1 aromatic carbocycles. The molecule has 2 N–H and O–H groups in total. The molecule has 7 heteroatoms. The van der Waals surface area contributed by atoms with Crippen molar-refractivity contribution in [1.29, 1.82) is 0 Å². The van der Waals surface area contributed by atoms with Gasteiger partial charge in [0.25, 0.3) is 0 Å². The monoisotopic (exact) mass is 398 g/mol. The minimum atomic E-state index is -0.269. The van der Waals surface area contributed by atoms with E-state index < -0.39 is 0 Å². The summed E-state index contributed by atoms with van der Waals surface area (Å²) in [6.45, 7) is 5.97. The maximum Gasteiger partial charge on any atom is 0.191 e. The van der Waals surface area contributed by atoms with Crippen molar-refractivity contribution in [1.82, 2.24) is 15.6 Å². The van der Waals surface area contributed by atoms with Crippen LogP contribution in [0.4, 0.5) is 4.39 Å². The lowest BCUT2D eigenvalue weighted by Crippen LogP contribution is -2.38. The van der Waals surface area contributed by atoms with E-state index in [0.29, 0.717) is 11.0 Å². The van der Waals surface area contributed by atoms with Crippen LogP contribution in [0.1, 0.15) is 23.2 Å². The van der Waals surface area contributed by atoms with Crippen LogP contribution in [0.5, 0.6) is 0 Å². The maximum absolute atomic E-state index is 13.5. The second kappa shape index (κ2) is 8.98. The van der Waals surface area contributed by atoms with Crippen molar-refractivity contribution in [2.45, 2.75) is 26.8 Å². The van der Waals surface area contributed by atoms with Crippen molar-refractivity contribution in [3.8, 4) is 0 Å². The third-order valence-corrected chi connectivity index (χ3v) is 4.55. The van der Waals surface area contributed by atoms with Gasteiger partial charge in [0.2, 0.25) is 0 Å². The van der Waals surface area contributed by atoms with E-state index in [4.69, 9.17) is 0 Å². The molecule has 0 unspecified atom stereocenters. The van der Waals surface area contributed by atoms with E-state index >= 15 is 0 Å². The number of nitrogens with zero attached hydrogens (tertiary/aromatic N) is 2. The fourth-order valence-electron chi connectivity index (χ4n) is 1.98. The average Bonchev–Trinajstić information content (AvgIpc) is 2.93. The quantitative estimate of drug-likeness (QED) is 0.576. The summed E-state index contributed by atoms with van der Waals surface area (Å²) in [4.78, 5) is 8.92. The summed E-state index contributed by atoms with van der Waals surface area (Å²) in [5.41, 5.74) is 1.92. The second-order valence-corrected chi connectivity index (χ2v) is 6.89. The first-order valence-corrected chi connectivity index (χ1v) is 9.13. The number of nitrogens with one attached hydrogen (secondary N) is 2. The summed E-state index contributed by atoms with van der Waals surface area (Å²) in [6, 6.07) is 5.05. The molecule has 1 aromatic heterocycles. The molecule has 0 amide bonds. The highest BCUT2D eigenvalue weighted by Gasteiger charge is 2.03.